The van der Waals surface area contributed by atoms with Crippen LogP contribution >= 0.6 is 0 Å². The monoisotopic (exact) mass is 480 g/mol. The molecule has 2 aliphatic rings. The molecule has 2 aliphatic heterocycles. The number of nitrogens with two attached hydrogens (primary N) is 1. The van der Waals surface area contributed by atoms with Gasteiger partial charge in [0.05, 0.1) is 0 Å². The van der Waals surface area contributed by atoms with Gasteiger partial charge in [0.25, 0.3) is 0 Å². The van der Waals surface area contributed by atoms with E-state index in [1.165, 1.54) is 41.8 Å². The van der Waals surface area contributed by atoms with Gasteiger partial charge in [-0.05, 0) is 61.4 Å². The molecule has 0 atom stereocenters. The van der Waals surface area contributed by atoms with Crippen LogP contribution in [0.1, 0.15) is 50.1 Å². The molecule has 1 fully saturated rings. The number of benzene rings is 1. The lowest BCUT2D eigenvalue weighted by atomic mass is 9.96. The van der Waals surface area contributed by atoms with Crippen molar-refractivity contribution in [1.29, 1.82) is 0 Å². The molecule has 4 heterocycles. The van der Waals surface area contributed by atoms with Crippen LogP contribution in [0.4, 0.5) is 21.6 Å². The zero-order valence-electron chi connectivity index (χ0n) is 21.1. The van der Waals surface area contributed by atoms with Gasteiger partial charge in [0.15, 0.2) is 17.0 Å². The van der Waals surface area contributed by atoms with Gasteiger partial charge in [-0.15, -0.1) is 0 Å². The molecular formula is C26H37FN8. The summed E-state index contributed by atoms with van der Waals surface area (Å²) in [6, 6.07) is 4.75. The van der Waals surface area contributed by atoms with Crippen LogP contribution in [0.25, 0.3) is 11.2 Å². The van der Waals surface area contributed by atoms with E-state index in [-0.39, 0.29) is 5.82 Å². The highest BCUT2D eigenvalue weighted by molar-refractivity contribution is 5.82. The van der Waals surface area contributed by atoms with E-state index in [4.69, 9.17) is 10.7 Å². The number of imidazole rings is 1. The third kappa shape index (κ3) is 4.91. The second-order valence-electron chi connectivity index (χ2n) is 10.3. The molecule has 0 saturated carbocycles. The summed E-state index contributed by atoms with van der Waals surface area (Å²) >= 11 is 0. The number of aromatic nitrogens is 4. The van der Waals surface area contributed by atoms with E-state index in [0.29, 0.717) is 30.0 Å². The maximum absolute atomic E-state index is 14.1. The molecule has 1 aromatic carbocycles. The summed E-state index contributed by atoms with van der Waals surface area (Å²) in [4.78, 5) is 17.5. The van der Waals surface area contributed by atoms with Crippen molar-refractivity contribution in [2.75, 3.05) is 55.3 Å². The van der Waals surface area contributed by atoms with E-state index in [9.17, 15) is 4.39 Å². The average Bonchev–Trinajstić information content (AvgIpc) is 3.46. The van der Waals surface area contributed by atoms with Crippen molar-refractivity contribution in [2.24, 2.45) is 5.92 Å². The minimum Gasteiger partial charge on any atom is -0.382 e. The number of hydrogen-bond acceptors (Lipinski definition) is 7. The van der Waals surface area contributed by atoms with Crippen molar-refractivity contribution in [3.63, 3.8) is 0 Å². The second-order valence-corrected chi connectivity index (χ2v) is 10.3. The molecule has 3 N–H and O–H groups in total. The van der Waals surface area contributed by atoms with E-state index >= 15 is 0 Å². The van der Waals surface area contributed by atoms with Crippen molar-refractivity contribution in [1.82, 2.24) is 24.8 Å². The number of nitrogens with zero attached hydrogens (tertiary/aromatic N) is 6. The van der Waals surface area contributed by atoms with Crippen LogP contribution in [0.15, 0.2) is 12.1 Å². The Morgan fingerprint density at radius 2 is 1.86 bits per heavy atom. The Hall–Kier alpha value is -2.94. The number of hydrogen-bond donors (Lipinski definition) is 2. The summed E-state index contributed by atoms with van der Waals surface area (Å²) in [7, 11) is 2.17. The maximum atomic E-state index is 14.1. The molecule has 2 aromatic heterocycles. The Balaban J connectivity index is 1.55. The molecule has 0 unspecified atom stereocenters. The van der Waals surface area contributed by atoms with Gasteiger partial charge >= 0.3 is 6.08 Å². The van der Waals surface area contributed by atoms with Gasteiger partial charge in [0, 0.05) is 57.6 Å². The van der Waals surface area contributed by atoms with E-state index in [1.54, 1.807) is 0 Å². The van der Waals surface area contributed by atoms with E-state index in [1.807, 2.05) is 4.57 Å². The van der Waals surface area contributed by atoms with Gasteiger partial charge in [-0.3, -0.25) is 0 Å². The van der Waals surface area contributed by atoms with Crippen molar-refractivity contribution < 1.29 is 4.39 Å². The lowest BCUT2D eigenvalue weighted by Gasteiger charge is -2.31. The average molecular weight is 481 g/mol. The minimum atomic E-state index is -0.814. The standard InChI is InChI=1S/C26H37FN8/c1-17(2)16-29-8-12-35-22(30-23-24(28)31-26(27)32-25(23)35)15-19-14-20-18(7-6-9-33(20)3)13-21(19)34-10-4-5-11-34/h13-14,17,29H,4-12,15-16H2,1-3H3,(H2,28,31,32). The molecule has 1 saturated heterocycles. The molecule has 0 bridgehead atoms. The van der Waals surface area contributed by atoms with E-state index in [2.05, 4.69) is 58.1 Å². The molecule has 5 rings (SSSR count). The summed E-state index contributed by atoms with van der Waals surface area (Å²) in [6.07, 6.45) is 4.57. The zero-order chi connectivity index (χ0) is 24.5. The van der Waals surface area contributed by atoms with Crippen LogP contribution < -0.4 is 20.9 Å². The third-order valence-corrected chi connectivity index (χ3v) is 7.16. The topological polar surface area (TPSA) is 88.1 Å². The van der Waals surface area contributed by atoms with Crippen LogP contribution in [0.2, 0.25) is 0 Å². The van der Waals surface area contributed by atoms with Gasteiger partial charge in [-0.25, -0.2) is 4.98 Å². The number of nitrogen functional groups attached to an aromatic ring is 1. The molecule has 0 aliphatic carbocycles. The summed E-state index contributed by atoms with van der Waals surface area (Å²) < 4.78 is 16.2. The quantitative estimate of drug-likeness (QED) is 0.378. The summed E-state index contributed by atoms with van der Waals surface area (Å²) in [5.41, 5.74) is 12.3. The Morgan fingerprint density at radius 3 is 2.63 bits per heavy atom. The lowest BCUT2D eigenvalue weighted by Crippen LogP contribution is -2.27. The first-order valence-electron chi connectivity index (χ1n) is 12.9. The van der Waals surface area contributed by atoms with Gasteiger partial charge in [0.2, 0.25) is 0 Å². The first kappa shape index (κ1) is 23.8. The molecule has 8 nitrogen and oxygen atoms in total. The van der Waals surface area contributed by atoms with Crippen LogP contribution in [0.3, 0.4) is 0 Å². The largest absolute Gasteiger partial charge is 0.382 e. The predicted molar refractivity (Wildman–Crippen MR) is 140 cm³/mol. The van der Waals surface area contributed by atoms with Gasteiger partial charge in [0.1, 0.15) is 5.82 Å². The Kier molecular flexibility index (Phi) is 6.77. The fraction of sp³-hybridized carbons (Fsp3) is 0.577. The Bertz CT molecular complexity index is 1200. The minimum absolute atomic E-state index is 0.0904. The second kappa shape index (κ2) is 9.97. The highest BCUT2D eigenvalue weighted by Crippen LogP contribution is 2.36. The number of anilines is 3. The predicted octanol–water partition coefficient (Wildman–Crippen LogP) is 3.37. The highest BCUT2D eigenvalue weighted by atomic mass is 19.1. The number of fused-ring (bicyclic) bond motifs is 2. The van der Waals surface area contributed by atoms with Gasteiger partial charge in [-0.1, -0.05) is 13.8 Å². The van der Waals surface area contributed by atoms with E-state index in [0.717, 1.165) is 45.0 Å². The highest BCUT2D eigenvalue weighted by Gasteiger charge is 2.24. The van der Waals surface area contributed by atoms with Crippen molar-refractivity contribution in [3.8, 4) is 0 Å². The number of rotatable bonds is 8. The SMILES string of the molecule is CC(C)CNCCn1c(Cc2cc3c(cc2N2CCCC2)CCCN3C)nc2c(N)nc(F)nc21. The summed E-state index contributed by atoms with van der Waals surface area (Å²) in [6.45, 7) is 9.90. The molecule has 3 aromatic rings. The molecule has 0 spiro atoms. The summed E-state index contributed by atoms with van der Waals surface area (Å²) in [5.74, 6) is 1.49. The molecule has 0 amide bonds. The summed E-state index contributed by atoms with van der Waals surface area (Å²) in [5, 5.41) is 3.48. The molecular weight excluding hydrogens is 443 g/mol. The molecule has 0 radical (unpaired) electrons. The molecule has 188 valence electrons. The van der Waals surface area contributed by atoms with Crippen LogP contribution in [0.5, 0.6) is 0 Å². The number of aryl methyl sites for hydroxylation is 1. The normalized spacial score (nSPS) is 16.0. The van der Waals surface area contributed by atoms with E-state index < -0.39 is 6.08 Å². The molecule has 9 heteroatoms. The van der Waals surface area contributed by atoms with Crippen molar-refractivity contribution >= 4 is 28.4 Å². The van der Waals surface area contributed by atoms with Crippen molar-refractivity contribution in [2.45, 2.75) is 52.5 Å². The fourth-order valence-electron chi connectivity index (χ4n) is 5.40. The first-order chi connectivity index (χ1) is 16.9. The van der Waals surface area contributed by atoms with Crippen LogP contribution in [-0.4, -0.2) is 59.3 Å². The van der Waals surface area contributed by atoms with Crippen LogP contribution in [0, 0.1) is 12.0 Å². The fourth-order valence-corrected chi connectivity index (χ4v) is 5.40. The third-order valence-electron chi connectivity index (χ3n) is 7.16. The number of nitrogens with one attached hydrogen (secondary N) is 1. The lowest BCUT2D eigenvalue weighted by molar-refractivity contribution is 0.517. The number of halogens is 1. The smallest absolute Gasteiger partial charge is 0.312 e. The molecule has 35 heavy (non-hydrogen) atoms. The Morgan fingerprint density at radius 1 is 1.06 bits per heavy atom. The van der Waals surface area contributed by atoms with Gasteiger partial charge < -0.3 is 25.4 Å². The van der Waals surface area contributed by atoms with Gasteiger partial charge in [-0.2, -0.15) is 14.4 Å². The zero-order valence-corrected chi connectivity index (χ0v) is 21.1. The Labute approximate surface area is 206 Å². The maximum Gasteiger partial charge on any atom is 0.312 e. The first-order valence-corrected chi connectivity index (χ1v) is 12.9. The van der Waals surface area contributed by atoms with Crippen LogP contribution in [-0.2, 0) is 19.4 Å². The van der Waals surface area contributed by atoms with Crippen molar-refractivity contribution in [3.05, 3.63) is 35.2 Å².